The average molecular weight is 414 g/mol. The molecule has 7 nitrogen and oxygen atoms in total. The SMILES string of the molecule is Cc1ccccc1-n1nccc1-c1cc(C(=O)N(C)Cc2cccnc2)c(O)cc1O. The summed E-state index contributed by atoms with van der Waals surface area (Å²) in [4.78, 5) is 18.6. The van der Waals surface area contributed by atoms with Crippen LogP contribution in [0.3, 0.4) is 0 Å². The van der Waals surface area contributed by atoms with E-state index in [2.05, 4.69) is 10.1 Å². The Labute approximate surface area is 179 Å². The first-order valence-corrected chi connectivity index (χ1v) is 9.76. The number of hydrogen-bond donors (Lipinski definition) is 2. The summed E-state index contributed by atoms with van der Waals surface area (Å²) in [6.45, 7) is 2.31. The molecule has 0 unspecified atom stereocenters. The zero-order valence-corrected chi connectivity index (χ0v) is 17.2. The number of para-hydroxylation sites is 1. The highest BCUT2D eigenvalue weighted by Crippen LogP contribution is 2.36. The van der Waals surface area contributed by atoms with Crippen molar-refractivity contribution in [2.24, 2.45) is 0 Å². The van der Waals surface area contributed by atoms with Crippen LogP contribution in [0.4, 0.5) is 0 Å². The van der Waals surface area contributed by atoms with Gasteiger partial charge in [0.15, 0.2) is 0 Å². The molecule has 0 aliphatic carbocycles. The molecule has 0 spiro atoms. The molecule has 2 heterocycles. The van der Waals surface area contributed by atoms with Crippen LogP contribution in [0.5, 0.6) is 11.5 Å². The van der Waals surface area contributed by atoms with E-state index in [9.17, 15) is 15.0 Å². The van der Waals surface area contributed by atoms with Crippen LogP contribution < -0.4 is 0 Å². The number of amides is 1. The lowest BCUT2D eigenvalue weighted by atomic mass is 10.0. The minimum absolute atomic E-state index is 0.0942. The lowest BCUT2D eigenvalue weighted by Crippen LogP contribution is -2.26. The van der Waals surface area contributed by atoms with Crippen molar-refractivity contribution in [3.05, 3.63) is 89.9 Å². The van der Waals surface area contributed by atoms with Gasteiger partial charge in [-0.3, -0.25) is 9.78 Å². The first-order valence-electron chi connectivity index (χ1n) is 9.76. The topological polar surface area (TPSA) is 91.5 Å². The first kappa shape index (κ1) is 20.2. The van der Waals surface area contributed by atoms with Crippen molar-refractivity contribution in [3.63, 3.8) is 0 Å². The number of aryl methyl sites for hydroxylation is 1. The van der Waals surface area contributed by atoms with Crippen molar-refractivity contribution in [1.29, 1.82) is 0 Å². The summed E-state index contributed by atoms with van der Waals surface area (Å²) in [7, 11) is 1.65. The Kier molecular flexibility index (Phi) is 5.41. The van der Waals surface area contributed by atoms with Gasteiger partial charge < -0.3 is 15.1 Å². The number of pyridine rings is 1. The Bertz CT molecular complexity index is 1230. The second-order valence-corrected chi connectivity index (χ2v) is 7.32. The van der Waals surface area contributed by atoms with Gasteiger partial charge >= 0.3 is 0 Å². The van der Waals surface area contributed by atoms with Gasteiger partial charge in [-0.15, -0.1) is 0 Å². The third-order valence-corrected chi connectivity index (χ3v) is 5.10. The van der Waals surface area contributed by atoms with Crippen LogP contribution in [0.25, 0.3) is 16.9 Å². The molecule has 0 bridgehead atoms. The molecule has 0 saturated carbocycles. The molecule has 2 N–H and O–H groups in total. The van der Waals surface area contributed by atoms with Gasteiger partial charge in [0.2, 0.25) is 0 Å². The van der Waals surface area contributed by atoms with Crippen molar-refractivity contribution in [1.82, 2.24) is 19.7 Å². The van der Waals surface area contributed by atoms with Crippen molar-refractivity contribution in [2.75, 3.05) is 7.05 Å². The summed E-state index contributed by atoms with van der Waals surface area (Å²) >= 11 is 0. The molecular formula is C24H22N4O3. The predicted molar refractivity (Wildman–Crippen MR) is 117 cm³/mol. The van der Waals surface area contributed by atoms with Crippen LogP contribution in [0, 0.1) is 6.92 Å². The van der Waals surface area contributed by atoms with Gasteiger partial charge in [0.05, 0.1) is 23.1 Å². The zero-order valence-electron chi connectivity index (χ0n) is 17.2. The maximum absolute atomic E-state index is 13.1. The van der Waals surface area contributed by atoms with Crippen molar-refractivity contribution >= 4 is 5.91 Å². The number of phenolic OH excluding ortho intramolecular Hbond substituents is 2. The quantitative estimate of drug-likeness (QED) is 0.516. The van der Waals surface area contributed by atoms with Crippen molar-refractivity contribution in [3.8, 4) is 28.4 Å². The highest BCUT2D eigenvalue weighted by atomic mass is 16.3. The second-order valence-electron chi connectivity index (χ2n) is 7.32. The van der Waals surface area contributed by atoms with Crippen LogP contribution >= 0.6 is 0 Å². The third kappa shape index (κ3) is 3.98. The number of hydrogen-bond acceptors (Lipinski definition) is 5. The van der Waals surface area contributed by atoms with Crippen LogP contribution in [0.1, 0.15) is 21.5 Å². The van der Waals surface area contributed by atoms with Crippen LogP contribution in [0.2, 0.25) is 0 Å². The van der Waals surface area contributed by atoms with E-state index in [4.69, 9.17) is 0 Å². The molecule has 0 atom stereocenters. The summed E-state index contributed by atoms with van der Waals surface area (Å²) in [5.74, 6) is -0.796. The van der Waals surface area contributed by atoms with E-state index in [1.165, 1.54) is 17.0 Å². The smallest absolute Gasteiger partial charge is 0.257 e. The Balaban J connectivity index is 1.72. The van der Waals surface area contributed by atoms with Gasteiger partial charge in [0, 0.05) is 37.6 Å². The van der Waals surface area contributed by atoms with E-state index in [0.717, 1.165) is 16.8 Å². The molecule has 0 saturated heterocycles. The normalized spacial score (nSPS) is 10.8. The minimum Gasteiger partial charge on any atom is -0.507 e. The van der Waals surface area contributed by atoms with Gasteiger partial charge in [-0.05, 0) is 42.3 Å². The largest absolute Gasteiger partial charge is 0.507 e. The van der Waals surface area contributed by atoms with E-state index in [1.807, 2.05) is 37.3 Å². The molecule has 4 rings (SSSR count). The number of nitrogens with zero attached hydrogens (tertiary/aromatic N) is 4. The molecule has 156 valence electrons. The van der Waals surface area contributed by atoms with Crippen LogP contribution in [-0.2, 0) is 6.54 Å². The second kappa shape index (κ2) is 8.31. The van der Waals surface area contributed by atoms with Gasteiger partial charge in [-0.25, -0.2) is 4.68 Å². The predicted octanol–water partition coefficient (Wildman–Crippen LogP) is 3.93. The van der Waals surface area contributed by atoms with E-state index >= 15 is 0 Å². The molecule has 0 fully saturated rings. The molecule has 4 aromatic rings. The molecule has 2 aromatic heterocycles. The monoisotopic (exact) mass is 414 g/mol. The molecule has 31 heavy (non-hydrogen) atoms. The van der Waals surface area contributed by atoms with Gasteiger partial charge in [-0.2, -0.15) is 5.10 Å². The Morgan fingerprint density at radius 2 is 1.84 bits per heavy atom. The summed E-state index contributed by atoms with van der Waals surface area (Å²) in [6.07, 6.45) is 4.98. The van der Waals surface area contributed by atoms with Crippen LogP contribution in [0.15, 0.2) is 73.2 Å². The Morgan fingerprint density at radius 3 is 2.58 bits per heavy atom. The highest BCUT2D eigenvalue weighted by Gasteiger charge is 2.21. The first-order chi connectivity index (χ1) is 15.0. The van der Waals surface area contributed by atoms with Gasteiger partial charge in [0.25, 0.3) is 5.91 Å². The number of benzene rings is 2. The lowest BCUT2D eigenvalue weighted by Gasteiger charge is -2.19. The number of aromatic nitrogens is 3. The zero-order chi connectivity index (χ0) is 22.0. The molecule has 0 aliphatic rings. The minimum atomic E-state index is -0.371. The van der Waals surface area contributed by atoms with E-state index in [1.54, 1.807) is 42.5 Å². The average Bonchev–Trinajstić information content (AvgIpc) is 3.23. The number of rotatable bonds is 5. The number of phenols is 2. The molecule has 0 radical (unpaired) electrons. The lowest BCUT2D eigenvalue weighted by molar-refractivity contribution is 0.0782. The fraction of sp³-hybridized carbons (Fsp3) is 0.125. The number of carbonyl (C=O) groups excluding carboxylic acids is 1. The van der Waals surface area contributed by atoms with Gasteiger partial charge in [0.1, 0.15) is 11.5 Å². The molecule has 0 aliphatic heterocycles. The van der Waals surface area contributed by atoms with E-state index in [-0.39, 0.29) is 23.0 Å². The maximum atomic E-state index is 13.1. The van der Waals surface area contributed by atoms with Crippen molar-refractivity contribution < 1.29 is 15.0 Å². The summed E-state index contributed by atoms with van der Waals surface area (Å²) in [6, 6.07) is 15.9. The number of carbonyl (C=O) groups is 1. The molecular weight excluding hydrogens is 392 g/mol. The van der Waals surface area contributed by atoms with Crippen molar-refractivity contribution in [2.45, 2.75) is 13.5 Å². The Hall–Kier alpha value is -4.13. The summed E-state index contributed by atoms with van der Waals surface area (Å²) in [5.41, 5.74) is 3.84. The Morgan fingerprint density at radius 1 is 1.03 bits per heavy atom. The third-order valence-electron chi connectivity index (χ3n) is 5.10. The highest BCUT2D eigenvalue weighted by molar-refractivity contribution is 5.98. The molecule has 2 aromatic carbocycles. The summed E-state index contributed by atoms with van der Waals surface area (Å²) in [5, 5.41) is 25.3. The fourth-order valence-electron chi connectivity index (χ4n) is 3.50. The van der Waals surface area contributed by atoms with Gasteiger partial charge in [-0.1, -0.05) is 24.3 Å². The fourth-order valence-corrected chi connectivity index (χ4v) is 3.50. The summed E-state index contributed by atoms with van der Waals surface area (Å²) < 4.78 is 1.70. The van der Waals surface area contributed by atoms with E-state index < -0.39 is 0 Å². The molecule has 7 heteroatoms. The van der Waals surface area contributed by atoms with E-state index in [0.29, 0.717) is 17.8 Å². The standard InChI is InChI=1S/C24H22N4O3/c1-16-6-3-4-8-20(16)28-21(9-11-26-28)18-12-19(23(30)13-22(18)29)24(31)27(2)15-17-7-5-10-25-14-17/h3-14,29-30H,15H2,1-2H3. The molecule has 1 amide bonds. The maximum Gasteiger partial charge on any atom is 0.257 e. The van der Waals surface area contributed by atoms with Crippen LogP contribution in [-0.4, -0.2) is 42.8 Å². The number of aromatic hydroxyl groups is 2.